The van der Waals surface area contributed by atoms with Crippen LogP contribution in [0.2, 0.25) is 0 Å². The molecule has 1 aromatic rings. The van der Waals surface area contributed by atoms with Gasteiger partial charge in [-0.3, -0.25) is 0 Å². The van der Waals surface area contributed by atoms with E-state index in [0.29, 0.717) is 37.4 Å². The molecular formula is C14H25N3O2. The summed E-state index contributed by atoms with van der Waals surface area (Å²) in [4.78, 5) is 8.76. The Hall–Kier alpha value is -1.36. The van der Waals surface area contributed by atoms with Crippen LogP contribution in [0.1, 0.15) is 39.9 Å². The molecule has 0 bridgehead atoms. The Bertz CT molecular complexity index is 343. The minimum absolute atomic E-state index is 0.413. The Morgan fingerprint density at radius 2 is 2.05 bits per heavy atom. The standard InChI is InChI=1S/C14H25N3O2/c1-5-7-15-12-8-14(19-9-11(3)4)17-13(16-12)10-18-6-2/h8,11H,5-7,9-10H2,1-4H3,(H,15,16,17). The lowest BCUT2D eigenvalue weighted by Gasteiger charge is -2.11. The zero-order valence-corrected chi connectivity index (χ0v) is 12.4. The van der Waals surface area contributed by atoms with E-state index < -0.39 is 0 Å². The summed E-state index contributed by atoms with van der Waals surface area (Å²) in [5.41, 5.74) is 0. The van der Waals surface area contributed by atoms with Gasteiger partial charge in [-0.25, -0.2) is 4.98 Å². The van der Waals surface area contributed by atoms with Crippen LogP contribution in [0.4, 0.5) is 5.82 Å². The molecule has 0 aliphatic heterocycles. The van der Waals surface area contributed by atoms with Crippen molar-refractivity contribution in [1.29, 1.82) is 0 Å². The van der Waals surface area contributed by atoms with Crippen LogP contribution in [-0.4, -0.2) is 29.7 Å². The van der Waals surface area contributed by atoms with E-state index in [4.69, 9.17) is 9.47 Å². The third-order valence-electron chi connectivity index (χ3n) is 2.30. The lowest BCUT2D eigenvalue weighted by molar-refractivity contribution is 0.127. The van der Waals surface area contributed by atoms with Crippen molar-refractivity contribution in [1.82, 2.24) is 9.97 Å². The van der Waals surface area contributed by atoms with Gasteiger partial charge in [0.25, 0.3) is 0 Å². The first-order valence-electron chi connectivity index (χ1n) is 6.98. The number of rotatable bonds is 9. The zero-order chi connectivity index (χ0) is 14.1. The summed E-state index contributed by atoms with van der Waals surface area (Å²) < 4.78 is 11.0. The summed E-state index contributed by atoms with van der Waals surface area (Å²) in [6.07, 6.45) is 1.05. The van der Waals surface area contributed by atoms with Crippen molar-refractivity contribution in [3.63, 3.8) is 0 Å². The lowest BCUT2D eigenvalue weighted by atomic mass is 10.2. The van der Waals surface area contributed by atoms with Gasteiger partial charge in [0.2, 0.25) is 5.88 Å². The Labute approximate surface area is 115 Å². The fraction of sp³-hybridized carbons (Fsp3) is 0.714. The van der Waals surface area contributed by atoms with Crippen molar-refractivity contribution in [2.24, 2.45) is 5.92 Å². The molecule has 1 N–H and O–H groups in total. The molecule has 0 aliphatic rings. The van der Waals surface area contributed by atoms with Gasteiger partial charge in [0, 0.05) is 19.2 Å². The summed E-state index contributed by atoms with van der Waals surface area (Å²) >= 11 is 0. The van der Waals surface area contributed by atoms with Gasteiger partial charge in [0.15, 0.2) is 5.82 Å². The van der Waals surface area contributed by atoms with Crippen LogP contribution in [0.3, 0.4) is 0 Å². The molecule has 0 spiro atoms. The molecule has 5 heteroatoms. The molecule has 0 aliphatic carbocycles. The molecule has 1 rings (SSSR count). The molecule has 108 valence electrons. The van der Waals surface area contributed by atoms with Gasteiger partial charge in [0.1, 0.15) is 12.4 Å². The van der Waals surface area contributed by atoms with Crippen molar-refractivity contribution in [3.05, 3.63) is 11.9 Å². The second-order valence-corrected chi connectivity index (χ2v) is 4.78. The maximum atomic E-state index is 5.66. The molecule has 0 saturated carbocycles. The minimum Gasteiger partial charge on any atom is -0.477 e. The maximum absolute atomic E-state index is 5.66. The Kier molecular flexibility index (Phi) is 7.18. The van der Waals surface area contributed by atoms with E-state index in [9.17, 15) is 0 Å². The molecule has 5 nitrogen and oxygen atoms in total. The second kappa shape index (κ2) is 8.69. The Morgan fingerprint density at radius 3 is 2.68 bits per heavy atom. The molecule has 0 aromatic carbocycles. The highest BCUT2D eigenvalue weighted by molar-refractivity contribution is 5.38. The Balaban J connectivity index is 2.75. The van der Waals surface area contributed by atoms with Crippen LogP contribution in [0.25, 0.3) is 0 Å². The number of nitrogens with zero attached hydrogens (tertiary/aromatic N) is 2. The first-order valence-corrected chi connectivity index (χ1v) is 6.98. The van der Waals surface area contributed by atoms with Crippen LogP contribution in [-0.2, 0) is 11.3 Å². The third kappa shape index (κ3) is 6.38. The summed E-state index contributed by atoms with van der Waals surface area (Å²) in [6.45, 7) is 10.9. The first kappa shape index (κ1) is 15.7. The van der Waals surface area contributed by atoms with E-state index in [-0.39, 0.29) is 0 Å². The smallest absolute Gasteiger partial charge is 0.218 e. The predicted molar refractivity (Wildman–Crippen MR) is 76.5 cm³/mol. The number of aromatic nitrogens is 2. The Morgan fingerprint density at radius 1 is 1.26 bits per heavy atom. The van der Waals surface area contributed by atoms with Crippen LogP contribution in [0, 0.1) is 5.92 Å². The fourth-order valence-corrected chi connectivity index (χ4v) is 1.40. The summed E-state index contributed by atoms with van der Waals surface area (Å²) in [6, 6.07) is 1.84. The first-order chi connectivity index (χ1) is 9.15. The van der Waals surface area contributed by atoms with E-state index in [1.165, 1.54) is 0 Å². The highest BCUT2D eigenvalue weighted by atomic mass is 16.5. The normalized spacial score (nSPS) is 10.8. The summed E-state index contributed by atoms with van der Waals surface area (Å²) in [5.74, 6) is 2.53. The van der Waals surface area contributed by atoms with E-state index in [0.717, 1.165) is 18.8 Å². The largest absolute Gasteiger partial charge is 0.477 e. The van der Waals surface area contributed by atoms with Crippen LogP contribution >= 0.6 is 0 Å². The molecule has 0 unspecified atom stereocenters. The molecule has 19 heavy (non-hydrogen) atoms. The summed E-state index contributed by atoms with van der Waals surface area (Å²) in [5, 5.41) is 3.25. The van der Waals surface area contributed by atoms with Gasteiger partial charge >= 0.3 is 0 Å². The minimum atomic E-state index is 0.413. The van der Waals surface area contributed by atoms with E-state index in [2.05, 4.69) is 36.1 Å². The maximum Gasteiger partial charge on any atom is 0.218 e. The highest BCUT2D eigenvalue weighted by Crippen LogP contribution is 2.15. The highest BCUT2D eigenvalue weighted by Gasteiger charge is 2.06. The molecule has 1 heterocycles. The molecule has 0 radical (unpaired) electrons. The van der Waals surface area contributed by atoms with E-state index in [1.807, 2.05) is 13.0 Å². The molecular weight excluding hydrogens is 242 g/mol. The predicted octanol–water partition coefficient (Wildman–Crippen LogP) is 2.87. The van der Waals surface area contributed by atoms with Crippen LogP contribution < -0.4 is 10.1 Å². The SMILES string of the molecule is CCCNc1cc(OCC(C)C)nc(COCC)n1. The van der Waals surface area contributed by atoms with Crippen LogP contribution in [0.15, 0.2) is 6.07 Å². The van der Waals surface area contributed by atoms with Crippen molar-refractivity contribution >= 4 is 5.82 Å². The molecule has 0 fully saturated rings. The van der Waals surface area contributed by atoms with Gasteiger partial charge in [-0.05, 0) is 19.3 Å². The molecule has 0 amide bonds. The van der Waals surface area contributed by atoms with Crippen molar-refractivity contribution in [2.45, 2.75) is 40.7 Å². The molecule has 1 aromatic heterocycles. The fourth-order valence-electron chi connectivity index (χ4n) is 1.40. The number of hydrogen-bond acceptors (Lipinski definition) is 5. The van der Waals surface area contributed by atoms with Crippen molar-refractivity contribution in [2.75, 3.05) is 25.1 Å². The average molecular weight is 267 g/mol. The number of hydrogen-bond donors (Lipinski definition) is 1. The molecule has 0 atom stereocenters. The summed E-state index contributed by atoms with van der Waals surface area (Å²) in [7, 11) is 0. The topological polar surface area (TPSA) is 56.3 Å². The number of anilines is 1. The van der Waals surface area contributed by atoms with Gasteiger partial charge in [-0.15, -0.1) is 0 Å². The second-order valence-electron chi connectivity index (χ2n) is 4.78. The number of ether oxygens (including phenoxy) is 2. The monoisotopic (exact) mass is 267 g/mol. The zero-order valence-electron chi connectivity index (χ0n) is 12.4. The average Bonchev–Trinajstić information content (AvgIpc) is 2.40. The van der Waals surface area contributed by atoms with E-state index >= 15 is 0 Å². The lowest BCUT2D eigenvalue weighted by Crippen LogP contribution is -2.10. The number of nitrogens with one attached hydrogen (secondary N) is 1. The third-order valence-corrected chi connectivity index (χ3v) is 2.30. The van der Waals surface area contributed by atoms with E-state index in [1.54, 1.807) is 0 Å². The van der Waals surface area contributed by atoms with Gasteiger partial charge in [0.05, 0.1) is 6.61 Å². The molecule has 0 saturated heterocycles. The van der Waals surface area contributed by atoms with Crippen LogP contribution in [0.5, 0.6) is 5.88 Å². The van der Waals surface area contributed by atoms with Gasteiger partial charge in [-0.1, -0.05) is 20.8 Å². The van der Waals surface area contributed by atoms with Crippen molar-refractivity contribution < 1.29 is 9.47 Å². The van der Waals surface area contributed by atoms with Gasteiger partial charge < -0.3 is 14.8 Å². The quantitative estimate of drug-likeness (QED) is 0.745. The van der Waals surface area contributed by atoms with Gasteiger partial charge in [-0.2, -0.15) is 4.98 Å². The van der Waals surface area contributed by atoms with Crippen molar-refractivity contribution in [3.8, 4) is 5.88 Å².